The number of anilines is 1. The SMILES string of the molecule is Cn1cc(C(=O)NC2CCCN(c3cnccc3C#N)C2)cn1. The summed E-state index contributed by atoms with van der Waals surface area (Å²) in [6.07, 6.45) is 8.47. The quantitative estimate of drug-likeness (QED) is 0.917. The number of hydrogen-bond donors (Lipinski definition) is 1. The fourth-order valence-electron chi connectivity index (χ4n) is 2.85. The second-order valence-corrected chi connectivity index (χ2v) is 5.67. The third kappa shape index (κ3) is 3.31. The Balaban J connectivity index is 1.69. The number of amides is 1. The first-order chi connectivity index (χ1) is 11.2. The average molecular weight is 310 g/mol. The molecule has 1 aliphatic rings. The smallest absolute Gasteiger partial charge is 0.254 e. The molecule has 3 rings (SSSR count). The van der Waals surface area contributed by atoms with E-state index < -0.39 is 0 Å². The van der Waals surface area contributed by atoms with E-state index in [2.05, 4.69) is 26.4 Å². The zero-order valence-electron chi connectivity index (χ0n) is 12.9. The highest BCUT2D eigenvalue weighted by atomic mass is 16.1. The van der Waals surface area contributed by atoms with Crippen molar-refractivity contribution >= 4 is 11.6 Å². The summed E-state index contributed by atoms with van der Waals surface area (Å²) in [6, 6.07) is 3.96. The van der Waals surface area contributed by atoms with Gasteiger partial charge in [0.2, 0.25) is 0 Å². The van der Waals surface area contributed by atoms with Crippen LogP contribution in [0.15, 0.2) is 30.9 Å². The molecule has 1 N–H and O–H groups in total. The van der Waals surface area contributed by atoms with Crippen molar-refractivity contribution in [2.75, 3.05) is 18.0 Å². The summed E-state index contributed by atoms with van der Waals surface area (Å²) in [4.78, 5) is 18.5. The average Bonchev–Trinajstić information content (AvgIpc) is 3.02. The van der Waals surface area contributed by atoms with Gasteiger partial charge in [-0.15, -0.1) is 0 Å². The van der Waals surface area contributed by atoms with Crippen molar-refractivity contribution in [3.05, 3.63) is 42.0 Å². The van der Waals surface area contributed by atoms with E-state index in [1.807, 2.05) is 0 Å². The van der Waals surface area contributed by atoms with Crippen molar-refractivity contribution < 1.29 is 4.79 Å². The fraction of sp³-hybridized carbons (Fsp3) is 0.375. The van der Waals surface area contributed by atoms with Crippen LogP contribution in [-0.4, -0.2) is 39.8 Å². The number of piperidine rings is 1. The first-order valence-corrected chi connectivity index (χ1v) is 7.56. The maximum absolute atomic E-state index is 12.2. The van der Waals surface area contributed by atoms with E-state index in [0.717, 1.165) is 25.1 Å². The number of nitriles is 1. The lowest BCUT2D eigenvalue weighted by Crippen LogP contribution is -2.48. The van der Waals surface area contributed by atoms with Crippen molar-refractivity contribution in [1.29, 1.82) is 5.26 Å². The van der Waals surface area contributed by atoms with E-state index in [0.29, 0.717) is 17.7 Å². The molecule has 2 aromatic heterocycles. The van der Waals surface area contributed by atoms with E-state index in [9.17, 15) is 10.1 Å². The van der Waals surface area contributed by atoms with Gasteiger partial charge in [0.15, 0.2) is 0 Å². The second-order valence-electron chi connectivity index (χ2n) is 5.67. The van der Waals surface area contributed by atoms with Crippen LogP contribution in [0.3, 0.4) is 0 Å². The number of nitrogens with one attached hydrogen (secondary N) is 1. The largest absolute Gasteiger partial charge is 0.367 e. The number of nitrogens with zero attached hydrogens (tertiary/aromatic N) is 5. The molecule has 0 aromatic carbocycles. The summed E-state index contributed by atoms with van der Waals surface area (Å²) >= 11 is 0. The number of pyridine rings is 1. The van der Waals surface area contributed by atoms with Crippen LogP contribution in [0, 0.1) is 11.3 Å². The summed E-state index contributed by atoms with van der Waals surface area (Å²) in [5.74, 6) is -0.114. The molecule has 0 saturated carbocycles. The Bertz CT molecular complexity index is 747. The monoisotopic (exact) mass is 310 g/mol. The molecule has 0 bridgehead atoms. The summed E-state index contributed by atoms with van der Waals surface area (Å²) < 4.78 is 1.61. The zero-order chi connectivity index (χ0) is 16.2. The number of aryl methyl sites for hydroxylation is 1. The number of aromatic nitrogens is 3. The van der Waals surface area contributed by atoms with Gasteiger partial charge in [0.1, 0.15) is 6.07 Å². The Morgan fingerprint density at radius 2 is 2.35 bits per heavy atom. The molecule has 7 nitrogen and oxygen atoms in total. The lowest BCUT2D eigenvalue weighted by Gasteiger charge is -2.34. The van der Waals surface area contributed by atoms with E-state index in [4.69, 9.17) is 0 Å². The number of carbonyl (C=O) groups is 1. The fourth-order valence-corrected chi connectivity index (χ4v) is 2.85. The predicted molar refractivity (Wildman–Crippen MR) is 84.9 cm³/mol. The Labute approximate surface area is 134 Å². The van der Waals surface area contributed by atoms with Gasteiger partial charge in [-0.05, 0) is 18.9 Å². The Morgan fingerprint density at radius 1 is 1.48 bits per heavy atom. The zero-order valence-corrected chi connectivity index (χ0v) is 12.9. The van der Waals surface area contributed by atoms with Crippen LogP contribution >= 0.6 is 0 Å². The van der Waals surface area contributed by atoms with Gasteiger partial charge in [0.25, 0.3) is 5.91 Å². The van der Waals surface area contributed by atoms with E-state index in [1.165, 1.54) is 0 Å². The van der Waals surface area contributed by atoms with Crippen molar-refractivity contribution in [1.82, 2.24) is 20.1 Å². The molecule has 3 heterocycles. The van der Waals surface area contributed by atoms with Crippen LogP contribution in [-0.2, 0) is 7.05 Å². The minimum absolute atomic E-state index is 0.0446. The lowest BCUT2D eigenvalue weighted by molar-refractivity contribution is 0.0933. The van der Waals surface area contributed by atoms with Crippen molar-refractivity contribution in [3.63, 3.8) is 0 Å². The highest BCUT2D eigenvalue weighted by Gasteiger charge is 2.24. The van der Waals surface area contributed by atoms with Crippen molar-refractivity contribution in [2.45, 2.75) is 18.9 Å². The van der Waals surface area contributed by atoms with Gasteiger partial charge in [0.05, 0.1) is 29.2 Å². The normalized spacial score (nSPS) is 17.6. The topological polar surface area (TPSA) is 86.8 Å². The predicted octanol–water partition coefficient (Wildman–Crippen LogP) is 1.09. The second kappa shape index (κ2) is 6.48. The molecule has 2 aromatic rings. The van der Waals surface area contributed by atoms with Gasteiger partial charge in [-0.25, -0.2) is 0 Å². The van der Waals surface area contributed by atoms with Gasteiger partial charge in [-0.1, -0.05) is 0 Å². The molecular weight excluding hydrogens is 292 g/mol. The third-order valence-corrected chi connectivity index (χ3v) is 3.98. The molecule has 1 fully saturated rings. The number of hydrogen-bond acceptors (Lipinski definition) is 5. The molecule has 1 unspecified atom stereocenters. The van der Waals surface area contributed by atoms with Crippen LogP contribution in [0.5, 0.6) is 0 Å². The summed E-state index contributed by atoms with van der Waals surface area (Å²) in [7, 11) is 1.78. The summed E-state index contributed by atoms with van der Waals surface area (Å²) in [5, 5.41) is 16.3. The summed E-state index contributed by atoms with van der Waals surface area (Å²) in [5.41, 5.74) is 2.00. The molecule has 1 saturated heterocycles. The molecule has 7 heteroatoms. The minimum atomic E-state index is -0.114. The molecule has 0 radical (unpaired) electrons. The van der Waals surface area contributed by atoms with Crippen molar-refractivity contribution in [2.24, 2.45) is 7.05 Å². The first-order valence-electron chi connectivity index (χ1n) is 7.56. The molecule has 0 aliphatic carbocycles. The van der Waals surface area contributed by atoms with Crippen LogP contribution < -0.4 is 10.2 Å². The van der Waals surface area contributed by atoms with E-state index in [1.54, 1.807) is 42.6 Å². The van der Waals surface area contributed by atoms with E-state index >= 15 is 0 Å². The van der Waals surface area contributed by atoms with Gasteiger partial charge in [0, 0.05) is 38.6 Å². The Kier molecular flexibility index (Phi) is 4.24. The van der Waals surface area contributed by atoms with Gasteiger partial charge >= 0.3 is 0 Å². The van der Waals surface area contributed by atoms with Gasteiger partial charge in [-0.3, -0.25) is 14.5 Å². The Morgan fingerprint density at radius 3 is 3.09 bits per heavy atom. The van der Waals surface area contributed by atoms with Crippen LogP contribution in [0.4, 0.5) is 5.69 Å². The van der Waals surface area contributed by atoms with Crippen molar-refractivity contribution in [3.8, 4) is 6.07 Å². The van der Waals surface area contributed by atoms with Crippen LogP contribution in [0.1, 0.15) is 28.8 Å². The molecule has 1 amide bonds. The van der Waals surface area contributed by atoms with E-state index in [-0.39, 0.29) is 11.9 Å². The summed E-state index contributed by atoms with van der Waals surface area (Å²) in [6.45, 7) is 1.53. The highest BCUT2D eigenvalue weighted by molar-refractivity contribution is 5.93. The first kappa shape index (κ1) is 15.0. The highest BCUT2D eigenvalue weighted by Crippen LogP contribution is 2.22. The van der Waals surface area contributed by atoms with Gasteiger partial charge in [-0.2, -0.15) is 10.4 Å². The van der Waals surface area contributed by atoms with Gasteiger partial charge < -0.3 is 10.2 Å². The standard InChI is InChI=1S/C16H18N6O/c1-21-10-13(8-19-21)16(23)20-14-3-2-6-22(11-14)15-9-18-5-4-12(15)7-17/h4-5,8-10,14H,2-3,6,11H2,1H3,(H,20,23). The molecule has 118 valence electrons. The molecule has 1 aliphatic heterocycles. The minimum Gasteiger partial charge on any atom is -0.367 e. The lowest BCUT2D eigenvalue weighted by atomic mass is 10.0. The Hall–Kier alpha value is -2.88. The van der Waals surface area contributed by atoms with Crippen LogP contribution in [0.25, 0.3) is 0 Å². The van der Waals surface area contributed by atoms with Crippen LogP contribution in [0.2, 0.25) is 0 Å². The molecule has 0 spiro atoms. The maximum Gasteiger partial charge on any atom is 0.254 e. The molecule has 1 atom stereocenters. The molecular formula is C16H18N6O. The number of carbonyl (C=O) groups excluding carboxylic acids is 1. The maximum atomic E-state index is 12.2. The third-order valence-electron chi connectivity index (χ3n) is 3.98. The number of rotatable bonds is 3. The molecule has 23 heavy (non-hydrogen) atoms.